The van der Waals surface area contributed by atoms with Gasteiger partial charge in [0.25, 0.3) is 5.69 Å². The van der Waals surface area contributed by atoms with E-state index < -0.39 is 4.92 Å². The summed E-state index contributed by atoms with van der Waals surface area (Å²) < 4.78 is 0. The van der Waals surface area contributed by atoms with Crippen molar-refractivity contribution in [2.24, 2.45) is 5.92 Å². The third-order valence-electron chi connectivity index (χ3n) is 4.25. The van der Waals surface area contributed by atoms with E-state index in [1.54, 1.807) is 4.90 Å². The SMILES string of the molecule is O=C(Nc1ccc([N+](=O)[O-])cc1)C1CCN(C(=O)Nc2cccs2)CC1. The molecule has 0 unspecified atom stereocenters. The number of hydrogen-bond acceptors (Lipinski definition) is 5. The van der Waals surface area contributed by atoms with Crippen molar-refractivity contribution in [2.45, 2.75) is 12.8 Å². The summed E-state index contributed by atoms with van der Waals surface area (Å²) in [4.78, 5) is 36.4. The Kier molecular flexibility index (Phi) is 5.47. The molecule has 8 nitrogen and oxygen atoms in total. The normalized spacial score (nSPS) is 14.7. The van der Waals surface area contributed by atoms with E-state index in [2.05, 4.69) is 10.6 Å². The quantitative estimate of drug-likeness (QED) is 0.631. The third kappa shape index (κ3) is 4.37. The molecule has 1 aromatic heterocycles. The number of piperidine rings is 1. The Morgan fingerprint density at radius 3 is 2.38 bits per heavy atom. The van der Waals surface area contributed by atoms with Gasteiger partial charge in [-0.15, -0.1) is 11.3 Å². The molecule has 0 aliphatic carbocycles. The average Bonchev–Trinajstić information content (AvgIpc) is 3.15. The molecule has 3 rings (SSSR count). The number of non-ortho nitro benzene ring substituents is 1. The number of rotatable bonds is 4. The Morgan fingerprint density at radius 2 is 1.81 bits per heavy atom. The van der Waals surface area contributed by atoms with Crippen LogP contribution in [0.25, 0.3) is 0 Å². The number of likely N-dealkylation sites (tertiary alicyclic amines) is 1. The smallest absolute Gasteiger partial charge is 0.322 e. The first kappa shape index (κ1) is 17.9. The van der Waals surface area contributed by atoms with E-state index in [9.17, 15) is 19.7 Å². The highest BCUT2D eigenvalue weighted by molar-refractivity contribution is 7.14. The van der Waals surface area contributed by atoms with Crippen molar-refractivity contribution in [3.05, 3.63) is 51.9 Å². The summed E-state index contributed by atoms with van der Waals surface area (Å²) in [6.45, 7) is 1.02. The number of anilines is 2. The molecule has 0 spiro atoms. The summed E-state index contributed by atoms with van der Waals surface area (Å²) in [5.74, 6) is -0.312. The van der Waals surface area contributed by atoms with Crippen molar-refractivity contribution >= 4 is 39.7 Å². The highest BCUT2D eigenvalue weighted by Gasteiger charge is 2.27. The third-order valence-corrected chi connectivity index (χ3v) is 5.04. The molecule has 0 saturated carbocycles. The lowest BCUT2D eigenvalue weighted by Crippen LogP contribution is -2.43. The van der Waals surface area contributed by atoms with Crippen LogP contribution in [0.15, 0.2) is 41.8 Å². The first-order chi connectivity index (χ1) is 12.5. The van der Waals surface area contributed by atoms with Crippen molar-refractivity contribution in [3.8, 4) is 0 Å². The van der Waals surface area contributed by atoms with Gasteiger partial charge in [-0.3, -0.25) is 20.2 Å². The highest BCUT2D eigenvalue weighted by atomic mass is 32.1. The van der Waals surface area contributed by atoms with Gasteiger partial charge < -0.3 is 10.2 Å². The molecule has 26 heavy (non-hydrogen) atoms. The van der Waals surface area contributed by atoms with Gasteiger partial charge in [-0.05, 0) is 42.5 Å². The minimum absolute atomic E-state index is 0.0203. The van der Waals surface area contributed by atoms with E-state index >= 15 is 0 Å². The number of benzene rings is 1. The maximum atomic E-state index is 12.4. The molecule has 136 valence electrons. The van der Waals surface area contributed by atoms with Crippen molar-refractivity contribution in [3.63, 3.8) is 0 Å². The zero-order chi connectivity index (χ0) is 18.5. The fourth-order valence-electron chi connectivity index (χ4n) is 2.79. The molecule has 9 heteroatoms. The Bertz CT molecular complexity index is 784. The number of thiophene rings is 1. The zero-order valence-electron chi connectivity index (χ0n) is 13.9. The van der Waals surface area contributed by atoms with Crippen LogP contribution in [0.5, 0.6) is 0 Å². The van der Waals surface area contributed by atoms with E-state index in [0.29, 0.717) is 31.6 Å². The molecular formula is C17H18N4O4S. The Morgan fingerprint density at radius 1 is 1.12 bits per heavy atom. The molecule has 1 aromatic carbocycles. The summed E-state index contributed by atoms with van der Waals surface area (Å²) in [5.41, 5.74) is 0.506. The predicted molar refractivity (Wildman–Crippen MR) is 99.4 cm³/mol. The number of amides is 3. The number of nitrogens with one attached hydrogen (secondary N) is 2. The van der Waals surface area contributed by atoms with Crippen LogP contribution in [-0.4, -0.2) is 34.9 Å². The second-order valence-electron chi connectivity index (χ2n) is 5.96. The molecule has 0 atom stereocenters. The largest absolute Gasteiger partial charge is 0.326 e. The van der Waals surface area contributed by atoms with Crippen LogP contribution in [0.3, 0.4) is 0 Å². The second-order valence-corrected chi connectivity index (χ2v) is 6.91. The van der Waals surface area contributed by atoms with Crippen molar-refractivity contribution in [2.75, 3.05) is 23.7 Å². The molecule has 3 amide bonds. The molecule has 0 radical (unpaired) electrons. The minimum Gasteiger partial charge on any atom is -0.326 e. The number of carbonyl (C=O) groups is 2. The van der Waals surface area contributed by atoms with Gasteiger partial charge in [-0.2, -0.15) is 0 Å². The van der Waals surface area contributed by atoms with Crippen LogP contribution in [-0.2, 0) is 4.79 Å². The van der Waals surface area contributed by atoms with Gasteiger partial charge in [0.1, 0.15) is 0 Å². The van der Waals surface area contributed by atoms with Gasteiger partial charge in [-0.1, -0.05) is 0 Å². The lowest BCUT2D eigenvalue weighted by atomic mass is 9.96. The predicted octanol–water partition coefficient (Wildman–Crippen LogP) is 3.54. The van der Waals surface area contributed by atoms with E-state index in [1.807, 2.05) is 17.5 Å². The summed E-state index contributed by atoms with van der Waals surface area (Å²) in [7, 11) is 0. The molecule has 1 saturated heterocycles. The Labute approximate surface area is 154 Å². The molecular weight excluding hydrogens is 356 g/mol. The van der Waals surface area contributed by atoms with Crippen LogP contribution in [0.4, 0.5) is 21.2 Å². The van der Waals surface area contributed by atoms with Crippen LogP contribution < -0.4 is 10.6 Å². The Hall–Kier alpha value is -2.94. The van der Waals surface area contributed by atoms with Crippen LogP contribution >= 0.6 is 11.3 Å². The standard InChI is InChI=1S/C17H18N4O4S/c22-16(18-13-3-5-14(6-4-13)21(24)25)12-7-9-20(10-8-12)17(23)19-15-2-1-11-26-15/h1-6,11-12H,7-10H2,(H,18,22)(H,19,23). The number of hydrogen-bond donors (Lipinski definition) is 2. The lowest BCUT2D eigenvalue weighted by Gasteiger charge is -2.31. The average molecular weight is 374 g/mol. The molecule has 2 N–H and O–H groups in total. The molecule has 2 heterocycles. The summed E-state index contributed by atoms with van der Waals surface area (Å²) in [6.07, 6.45) is 1.16. The van der Waals surface area contributed by atoms with E-state index in [0.717, 1.165) is 5.00 Å². The fourth-order valence-corrected chi connectivity index (χ4v) is 3.40. The van der Waals surface area contributed by atoms with Gasteiger partial charge in [-0.25, -0.2) is 4.79 Å². The minimum atomic E-state index is -0.484. The molecule has 1 aliphatic heterocycles. The number of urea groups is 1. The second kappa shape index (κ2) is 7.96. The lowest BCUT2D eigenvalue weighted by molar-refractivity contribution is -0.384. The van der Waals surface area contributed by atoms with Crippen LogP contribution in [0.2, 0.25) is 0 Å². The maximum Gasteiger partial charge on any atom is 0.322 e. The van der Waals surface area contributed by atoms with Gasteiger partial charge in [0.05, 0.1) is 9.92 Å². The summed E-state index contributed by atoms with van der Waals surface area (Å²) >= 11 is 1.46. The first-order valence-electron chi connectivity index (χ1n) is 8.17. The summed E-state index contributed by atoms with van der Waals surface area (Å²) in [5, 5.41) is 19.0. The number of nitrogens with zero attached hydrogens (tertiary/aromatic N) is 2. The summed E-state index contributed by atoms with van der Waals surface area (Å²) in [6, 6.07) is 9.29. The number of nitro benzene ring substituents is 1. The fraction of sp³-hybridized carbons (Fsp3) is 0.294. The number of carbonyl (C=O) groups excluding carboxylic acids is 2. The van der Waals surface area contributed by atoms with Crippen LogP contribution in [0.1, 0.15) is 12.8 Å². The molecule has 2 aromatic rings. The zero-order valence-corrected chi connectivity index (χ0v) is 14.7. The molecule has 1 aliphatic rings. The van der Waals surface area contributed by atoms with Crippen molar-refractivity contribution in [1.82, 2.24) is 4.90 Å². The van der Waals surface area contributed by atoms with Gasteiger partial charge >= 0.3 is 6.03 Å². The molecule has 1 fully saturated rings. The van der Waals surface area contributed by atoms with Crippen molar-refractivity contribution < 1.29 is 14.5 Å². The number of nitro groups is 1. The Balaban J connectivity index is 1.48. The van der Waals surface area contributed by atoms with E-state index in [4.69, 9.17) is 0 Å². The van der Waals surface area contributed by atoms with Gasteiger partial charge in [0, 0.05) is 36.8 Å². The van der Waals surface area contributed by atoms with Gasteiger partial charge in [0.15, 0.2) is 0 Å². The highest BCUT2D eigenvalue weighted by Crippen LogP contribution is 2.22. The monoisotopic (exact) mass is 374 g/mol. The van der Waals surface area contributed by atoms with Crippen molar-refractivity contribution in [1.29, 1.82) is 0 Å². The topological polar surface area (TPSA) is 105 Å². The van der Waals surface area contributed by atoms with E-state index in [-0.39, 0.29) is 23.5 Å². The molecule has 0 bridgehead atoms. The van der Waals surface area contributed by atoms with Gasteiger partial charge in [0.2, 0.25) is 5.91 Å². The maximum absolute atomic E-state index is 12.4. The van der Waals surface area contributed by atoms with E-state index in [1.165, 1.54) is 35.6 Å². The first-order valence-corrected chi connectivity index (χ1v) is 9.05. The van der Waals surface area contributed by atoms with Crippen LogP contribution in [0, 0.1) is 16.0 Å².